The number of carbonyl (C=O) groups excluding carboxylic acids is 2. The summed E-state index contributed by atoms with van der Waals surface area (Å²) in [6, 6.07) is 7.09. The summed E-state index contributed by atoms with van der Waals surface area (Å²) in [6.07, 6.45) is 4.00. The maximum atomic E-state index is 12.6. The highest BCUT2D eigenvalue weighted by Gasteiger charge is 2.44. The van der Waals surface area contributed by atoms with Crippen molar-refractivity contribution in [1.29, 1.82) is 0 Å². The number of carbonyl (C=O) groups is 3. The standard InChI is InChI=1S/C19H26N2O4/c1-13(2)11-19(8-3-9-19)18(25)21-15-6-4-14(5-7-15)10-16(22)20-12-17(23)24/h4-7,13H,3,8-12H2,1-2H3,(H,20,22)(H,21,25)(H,23,24). The number of nitrogens with one attached hydrogen (secondary N) is 2. The molecule has 136 valence electrons. The van der Waals surface area contributed by atoms with Gasteiger partial charge < -0.3 is 15.7 Å². The molecule has 1 aromatic rings. The number of benzene rings is 1. The molecule has 1 saturated carbocycles. The van der Waals surface area contributed by atoms with Gasteiger partial charge in [0.2, 0.25) is 11.8 Å². The lowest BCUT2D eigenvalue weighted by molar-refractivity contribution is -0.137. The molecule has 0 heterocycles. The molecule has 1 aliphatic rings. The molecule has 1 aromatic carbocycles. The third-order valence-corrected chi connectivity index (χ3v) is 4.60. The molecule has 2 amide bonds. The molecule has 25 heavy (non-hydrogen) atoms. The van der Waals surface area contributed by atoms with Crippen molar-refractivity contribution >= 4 is 23.5 Å². The fourth-order valence-electron chi connectivity index (χ4n) is 3.30. The first-order valence-corrected chi connectivity index (χ1v) is 8.70. The maximum absolute atomic E-state index is 12.6. The highest BCUT2D eigenvalue weighted by atomic mass is 16.4. The van der Waals surface area contributed by atoms with E-state index in [9.17, 15) is 14.4 Å². The molecule has 0 unspecified atom stereocenters. The minimum atomic E-state index is -1.07. The van der Waals surface area contributed by atoms with Gasteiger partial charge in [0.25, 0.3) is 0 Å². The van der Waals surface area contributed by atoms with Crippen LogP contribution in [-0.2, 0) is 20.8 Å². The molecule has 3 N–H and O–H groups in total. The van der Waals surface area contributed by atoms with Crippen molar-refractivity contribution in [3.05, 3.63) is 29.8 Å². The van der Waals surface area contributed by atoms with Crippen LogP contribution < -0.4 is 10.6 Å². The lowest BCUT2D eigenvalue weighted by atomic mass is 9.64. The number of anilines is 1. The van der Waals surface area contributed by atoms with Crippen LogP contribution in [0.2, 0.25) is 0 Å². The van der Waals surface area contributed by atoms with Crippen LogP contribution in [0, 0.1) is 11.3 Å². The summed E-state index contributed by atoms with van der Waals surface area (Å²) in [5, 5.41) is 13.9. The summed E-state index contributed by atoms with van der Waals surface area (Å²) in [5.41, 5.74) is 1.25. The Morgan fingerprint density at radius 2 is 1.80 bits per heavy atom. The van der Waals surface area contributed by atoms with Crippen LogP contribution in [0.4, 0.5) is 5.69 Å². The predicted molar refractivity (Wildman–Crippen MR) is 95.2 cm³/mol. The molecule has 0 aliphatic heterocycles. The molecule has 0 aromatic heterocycles. The number of hydrogen-bond donors (Lipinski definition) is 3. The maximum Gasteiger partial charge on any atom is 0.322 e. The smallest absolute Gasteiger partial charge is 0.322 e. The van der Waals surface area contributed by atoms with E-state index in [4.69, 9.17) is 5.11 Å². The first kappa shape index (κ1) is 19.0. The van der Waals surface area contributed by atoms with Crippen molar-refractivity contribution in [2.75, 3.05) is 11.9 Å². The third-order valence-electron chi connectivity index (χ3n) is 4.60. The second-order valence-electron chi connectivity index (χ2n) is 7.23. The summed E-state index contributed by atoms with van der Waals surface area (Å²) >= 11 is 0. The van der Waals surface area contributed by atoms with E-state index in [2.05, 4.69) is 24.5 Å². The molecule has 0 bridgehead atoms. The number of hydrogen-bond acceptors (Lipinski definition) is 3. The zero-order valence-corrected chi connectivity index (χ0v) is 14.8. The van der Waals surface area contributed by atoms with Crippen molar-refractivity contribution in [3.8, 4) is 0 Å². The Morgan fingerprint density at radius 1 is 1.16 bits per heavy atom. The molecule has 0 atom stereocenters. The average Bonchev–Trinajstić information content (AvgIpc) is 2.50. The van der Waals surface area contributed by atoms with E-state index in [1.807, 2.05) is 0 Å². The van der Waals surface area contributed by atoms with Crippen molar-refractivity contribution in [3.63, 3.8) is 0 Å². The fourth-order valence-corrected chi connectivity index (χ4v) is 3.30. The zero-order chi connectivity index (χ0) is 18.4. The van der Waals surface area contributed by atoms with Gasteiger partial charge in [0.1, 0.15) is 6.54 Å². The number of carboxylic acid groups (broad SMARTS) is 1. The molecule has 0 radical (unpaired) electrons. The van der Waals surface area contributed by atoms with Crippen molar-refractivity contribution in [2.45, 2.75) is 46.0 Å². The van der Waals surface area contributed by atoms with Crippen LogP contribution >= 0.6 is 0 Å². The summed E-state index contributed by atoms with van der Waals surface area (Å²) in [6.45, 7) is 3.89. The summed E-state index contributed by atoms with van der Waals surface area (Å²) in [4.78, 5) is 34.7. The van der Waals surface area contributed by atoms with E-state index >= 15 is 0 Å². The van der Waals surface area contributed by atoms with Gasteiger partial charge in [-0.3, -0.25) is 14.4 Å². The third kappa shape index (κ3) is 5.31. The van der Waals surface area contributed by atoms with E-state index in [0.717, 1.165) is 36.9 Å². The molecule has 6 nitrogen and oxygen atoms in total. The Morgan fingerprint density at radius 3 is 2.28 bits per heavy atom. The Kier molecular flexibility index (Phi) is 6.17. The van der Waals surface area contributed by atoms with Crippen LogP contribution in [0.3, 0.4) is 0 Å². The zero-order valence-electron chi connectivity index (χ0n) is 14.8. The van der Waals surface area contributed by atoms with Crippen LogP contribution in [0.5, 0.6) is 0 Å². The summed E-state index contributed by atoms with van der Waals surface area (Å²) in [5.74, 6) is -0.848. The van der Waals surface area contributed by atoms with Crippen LogP contribution in [0.15, 0.2) is 24.3 Å². The Labute approximate surface area is 148 Å². The topological polar surface area (TPSA) is 95.5 Å². The van der Waals surface area contributed by atoms with Gasteiger partial charge in [0, 0.05) is 11.1 Å². The predicted octanol–water partition coefficient (Wildman–Crippen LogP) is 2.58. The summed E-state index contributed by atoms with van der Waals surface area (Å²) in [7, 11) is 0. The second-order valence-corrected chi connectivity index (χ2v) is 7.23. The van der Waals surface area contributed by atoms with E-state index in [1.165, 1.54) is 0 Å². The highest BCUT2D eigenvalue weighted by Crippen LogP contribution is 2.46. The first-order valence-electron chi connectivity index (χ1n) is 8.70. The number of carboxylic acids is 1. The van der Waals surface area contributed by atoms with E-state index in [1.54, 1.807) is 24.3 Å². The molecule has 1 fully saturated rings. The van der Waals surface area contributed by atoms with Crippen LogP contribution in [-0.4, -0.2) is 29.4 Å². The number of amides is 2. The van der Waals surface area contributed by atoms with Gasteiger partial charge in [-0.05, 0) is 42.9 Å². The summed E-state index contributed by atoms with van der Waals surface area (Å²) < 4.78 is 0. The highest BCUT2D eigenvalue weighted by molar-refractivity contribution is 5.96. The van der Waals surface area contributed by atoms with Gasteiger partial charge in [0.15, 0.2) is 0 Å². The molecule has 0 saturated heterocycles. The lowest BCUT2D eigenvalue weighted by Gasteiger charge is -2.41. The van der Waals surface area contributed by atoms with Gasteiger partial charge >= 0.3 is 5.97 Å². The van der Waals surface area contributed by atoms with E-state index in [-0.39, 0.29) is 30.2 Å². The van der Waals surface area contributed by atoms with E-state index < -0.39 is 5.97 Å². The Bertz CT molecular complexity index is 633. The van der Waals surface area contributed by atoms with Gasteiger partial charge in [-0.2, -0.15) is 0 Å². The monoisotopic (exact) mass is 346 g/mol. The molecule has 0 spiro atoms. The molecule has 6 heteroatoms. The number of aliphatic carboxylic acids is 1. The van der Waals surface area contributed by atoms with Crippen LogP contribution in [0.25, 0.3) is 0 Å². The van der Waals surface area contributed by atoms with E-state index in [0.29, 0.717) is 5.92 Å². The van der Waals surface area contributed by atoms with Crippen molar-refractivity contribution in [1.82, 2.24) is 5.32 Å². The lowest BCUT2D eigenvalue weighted by Crippen LogP contribution is -2.42. The minimum absolute atomic E-state index is 0.0828. The SMILES string of the molecule is CC(C)CC1(C(=O)Nc2ccc(CC(=O)NCC(=O)O)cc2)CCC1. The molecular weight excluding hydrogens is 320 g/mol. The normalized spacial score (nSPS) is 15.3. The van der Waals surface area contributed by atoms with Gasteiger partial charge in [-0.15, -0.1) is 0 Å². The Hall–Kier alpha value is -2.37. The Balaban J connectivity index is 1.90. The fraction of sp³-hybridized carbons (Fsp3) is 0.526. The largest absolute Gasteiger partial charge is 0.480 e. The molecule has 2 rings (SSSR count). The second kappa shape index (κ2) is 8.14. The quantitative estimate of drug-likeness (QED) is 0.674. The molecule has 1 aliphatic carbocycles. The van der Waals surface area contributed by atoms with Crippen molar-refractivity contribution < 1.29 is 19.5 Å². The minimum Gasteiger partial charge on any atom is -0.480 e. The van der Waals surface area contributed by atoms with Gasteiger partial charge in [-0.1, -0.05) is 32.4 Å². The van der Waals surface area contributed by atoms with Crippen molar-refractivity contribution in [2.24, 2.45) is 11.3 Å². The first-order chi connectivity index (χ1) is 11.8. The molecular formula is C19H26N2O4. The van der Waals surface area contributed by atoms with Crippen LogP contribution in [0.1, 0.15) is 45.1 Å². The average molecular weight is 346 g/mol. The van der Waals surface area contributed by atoms with Gasteiger partial charge in [0.05, 0.1) is 6.42 Å². The number of rotatable bonds is 8. The van der Waals surface area contributed by atoms with Gasteiger partial charge in [-0.25, -0.2) is 0 Å².